The van der Waals surface area contributed by atoms with Gasteiger partial charge in [0.1, 0.15) is 0 Å². The Hall–Kier alpha value is -2.14. The summed E-state index contributed by atoms with van der Waals surface area (Å²) in [6.07, 6.45) is 2.96. The number of hydrogen-bond acceptors (Lipinski definition) is 4. The molecule has 0 saturated heterocycles. The van der Waals surface area contributed by atoms with Crippen molar-refractivity contribution in [3.05, 3.63) is 48.3 Å². The van der Waals surface area contributed by atoms with Crippen LogP contribution in [0.1, 0.15) is 25.0 Å². The number of rotatable bonds is 5. The second-order valence-electron chi connectivity index (χ2n) is 4.73. The molecule has 2 rings (SSSR count). The lowest BCUT2D eigenvalue weighted by Crippen LogP contribution is -2.15. The van der Waals surface area contributed by atoms with E-state index < -0.39 is 6.10 Å². The molecule has 0 saturated carbocycles. The number of para-hydroxylation sites is 1. The van der Waals surface area contributed by atoms with Gasteiger partial charge < -0.3 is 9.84 Å². The van der Waals surface area contributed by atoms with Crippen molar-refractivity contribution in [2.45, 2.75) is 19.4 Å². The lowest BCUT2D eigenvalue weighted by Gasteiger charge is -2.13. The highest BCUT2D eigenvalue weighted by molar-refractivity contribution is 5.71. The van der Waals surface area contributed by atoms with Crippen LogP contribution >= 0.6 is 0 Å². The third kappa shape index (κ3) is 3.24. The van der Waals surface area contributed by atoms with Crippen LogP contribution in [0.3, 0.4) is 0 Å². The second-order valence-corrected chi connectivity index (χ2v) is 4.73. The molecule has 0 radical (unpaired) electrons. The van der Waals surface area contributed by atoms with E-state index in [0.29, 0.717) is 12.0 Å². The van der Waals surface area contributed by atoms with Crippen molar-refractivity contribution in [1.82, 2.24) is 9.78 Å². The average Bonchev–Trinajstić information content (AvgIpc) is 2.97. The van der Waals surface area contributed by atoms with Gasteiger partial charge in [-0.3, -0.25) is 4.79 Å². The Balaban J connectivity index is 2.07. The number of carbonyl (C=O) groups is 1. The van der Waals surface area contributed by atoms with Crippen molar-refractivity contribution in [3.8, 4) is 5.69 Å². The highest BCUT2D eigenvalue weighted by atomic mass is 16.5. The SMILES string of the molecule is COC(=O)C(C)CC(O)c1cnn(-c2ccccc2)c1. The fourth-order valence-electron chi connectivity index (χ4n) is 2.00. The molecule has 2 aromatic rings. The first-order valence-corrected chi connectivity index (χ1v) is 6.47. The van der Waals surface area contributed by atoms with E-state index in [2.05, 4.69) is 9.84 Å². The molecule has 20 heavy (non-hydrogen) atoms. The van der Waals surface area contributed by atoms with Crippen molar-refractivity contribution in [3.63, 3.8) is 0 Å². The van der Waals surface area contributed by atoms with Crippen molar-refractivity contribution in [2.24, 2.45) is 5.92 Å². The van der Waals surface area contributed by atoms with E-state index in [4.69, 9.17) is 0 Å². The first-order valence-electron chi connectivity index (χ1n) is 6.47. The first-order chi connectivity index (χ1) is 9.61. The fourth-order valence-corrected chi connectivity index (χ4v) is 2.00. The maximum atomic E-state index is 11.4. The Labute approximate surface area is 117 Å². The molecule has 0 bridgehead atoms. The van der Waals surface area contributed by atoms with Gasteiger partial charge in [0.05, 0.1) is 31.0 Å². The number of nitrogens with zero attached hydrogens (tertiary/aromatic N) is 2. The van der Waals surface area contributed by atoms with E-state index in [1.165, 1.54) is 7.11 Å². The van der Waals surface area contributed by atoms with Gasteiger partial charge in [0.2, 0.25) is 0 Å². The molecular formula is C15H18N2O3. The lowest BCUT2D eigenvalue weighted by atomic mass is 10.0. The van der Waals surface area contributed by atoms with Gasteiger partial charge in [-0.05, 0) is 18.6 Å². The van der Waals surface area contributed by atoms with Gasteiger partial charge in [0.15, 0.2) is 0 Å². The monoisotopic (exact) mass is 274 g/mol. The molecule has 1 heterocycles. The number of carbonyl (C=O) groups excluding carboxylic acids is 1. The van der Waals surface area contributed by atoms with E-state index in [1.807, 2.05) is 30.3 Å². The molecule has 0 fully saturated rings. The Kier molecular flexibility index (Phi) is 4.53. The van der Waals surface area contributed by atoms with Crippen LogP contribution in [-0.4, -0.2) is 28.0 Å². The summed E-state index contributed by atoms with van der Waals surface area (Å²) in [7, 11) is 1.35. The van der Waals surface area contributed by atoms with Crippen LogP contribution in [0.4, 0.5) is 0 Å². The van der Waals surface area contributed by atoms with Crippen LogP contribution in [0.15, 0.2) is 42.7 Å². The summed E-state index contributed by atoms with van der Waals surface area (Å²) in [5.41, 5.74) is 1.61. The van der Waals surface area contributed by atoms with Crippen LogP contribution in [0.2, 0.25) is 0 Å². The highest BCUT2D eigenvalue weighted by Gasteiger charge is 2.20. The molecular weight excluding hydrogens is 256 g/mol. The lowest BCUT2D eigenvalue weighted by molar-refractivity contribution is -0.145. The smallest absolute Gasteiger partial charge is 0.308 e. The van der Waals surface area contributed by atoms with Crippen LogP contribution in [0.5, 0.6) is 0 Å². The Morgan fingerprint density at radius 2 is 2.10 bits per heavy atom. The molecule has 1 aromatic carbocycles. The molecule has 106 valence electrons. The van der Waals surface area contributed by atoms with E-state index in [1.54, 1.807) is 24.0 Å². The molecule has 1 aromatic heterocycles. The first kappa shape index (κ1) is 14.3. The summed E-state index contributed by atoms with van der Waals surface area (Å²) in [4.78, 5) is 11.4. The molecule has 0 aliphatic heterocycles. The molecule has 1 N–H and O–H groups in total. The number of methoxy groups -OCH3 is 1. The third-order valence-corrected chi connectivity index (χ3v) is 3.19. The Bertz CT molecular complexity index is 566. The predicted molar refractivity (Wildman–Crippen MR) is 74.3 cm³/mol. The number of aromatic nitrogens is 2. The van der Waals surface area contributed by atoms with Gasteiger partial charge >= 0.3 is 5.97 Å². The summed E-state index contributed by atoms with van der Waals surface area (Å²) >= 11 is 0. The van der Waals surface area contributed by atoms with Crippen molar-refractivity contribution < 1.29 is 14.6 Å². The molecule has 5 heteroatoms. The molecule has 2 unspecified atom stereocenters. The topological polar surface area (TPSA) is 64.3 Å². The minimum Gasteiger partial charge on any atom is -0.469 e. The number of aliphatic hydroxyl groups is 1. The zero-order chi connectivity index (χ0) is 14.5. The standard InChI is InChI=1S/C15H18N2O3/c1-11(15(19)20-2)8-14(18)12-9-16-17(10-12)13-6-4-3-5-7-13/h3-7,9-11,14,18H,8H2,1-2H3. The number of aliphatic hydroxyl groups excluding tert-OH is 1. The molecule has 5 nitrogen and oxygen atoms in total. The van der Waals surface area contributed by atoms with Crippen molar-refractivity contribution >= 4 is 5.97 Å². The zero-order valence-corrected chi connectivity index (χ0v) is 11.6. The minimum atomic E-state index is -0.735. The number of hydrogen-bond donors (Lipinski definition) is 1. The zero-order valence-electron chi connectivity index (χ0n) is 11.6. The van der Waals surface area contributed by atoms with Crippen molar-refractivity contribution in [1.29, 1.82) is 0 Å². The molecule has 0 aliphatic rings. The molecule has 2 atom stereocenters. The van der Waals surface area contributed by atoms with E-state index >= 15 is 0 Å². The van der Waals surface area contributed by atoms with E-state index in [-0.39, 0.29) is 11.9 Å². The van der Waals surface area contributed by atoms with Crippen molar-refractivity contribution in [2.75, 3.05) is 7.11 Å². The molecule has 0 aliphatic carbocycles. The van der Waals surface area contributed by atoms with Crippen LogP contribution < -0.4 is 0 Å². The third-order valence-electron chi connectivity index (χ3n) is 3.19. The number of esters is 1. The average molecular weight is 274 g/mol. The number of ether oxygens (including phenoxy) is 1. The summed E-state index contributed by atoms with van der Waals surface area (Å²) in [5, 5.41) is 14.4. The Morgan fingerprint density at radius 3 is 2.75 bits per heavy atom. The Morgan fingerprint density at radius 1 is 1.40 bits per heavy atom. The number of benzene rings is 1. The normalized spacial score (nSPS) is 13.8. The minimum absolute atomic E-state index is 0.313. The van der Waals surface area contributed by atoms with Crippen LogP contribution in [0, 0.1) is 5.92 Å². The van der Waals surface area contributed by atoms with E-state index in [9.17, 15) is 9.90 Å². The summed E-state index contributed by atoms with van der Waals surface area (Å²) in [5.74, 6) is -0.672. The van der Waals surface area contributed by atoms with Gasteiger partial charge in [-0.15, -0.1) is 0 Å². The van der Waals surface area contributed by atoms with Gasteiger partial charge in [-0.1, -0.05) is 25.1 Å². The van der Waals surface area contributed by atoms with Gasteiger partial charge in [-0.25, -0.2) is 4.68 Å². The van der Waals surface area contributed by atoms with Gasteiger partial charge in [-0.2, -0.15) is 5.10 Å². The summed E-state index contributed by atoms with van der Waals surface area (Å²) in [6.45, 7) is 1.73. The van der Waals surface area contributed by atoms with E-state index in [0.717, 1.165) is 5.69 Å². The largest absolute Gasteiger partial charge is 0.469 e. The summed E-state index contributed by atoms with van der Waals surface area (Å²) < 4.78 is 6.35. The molecule has 0 spiro atoms. The summed E-state index contributed by atoms with van der Waals surface area (Å²) in [6, 6.07) is 9.64. The molecule has 0 amide bonds. The van der Waals surface area contributed by atoms with Crippen LogP contribution in [-0.2, 0) is 9.53 Å². The quantitative estimate of drug-likeness (QED) is 0.848. The van der Waals surface area contributed by atoms with Gasteiger partial charge in [0, 0.05) is 11.8 Å². The second kappa shape index (κ2) is 6.34. The highest BCUT2D eigenvalue weighted by Crippen LogP contribution is 2.22. The predicted octanol–water partition coefficient (Wildman–Crippen LogP) is 2.10. The maximum Gasteiger partial charge on any atom is 0.308 e. The van der Waals surface area contributed by atoms with Crippen LogP contribution in [0.25, 0.3) is 5.69 Å². The maximum absolute atomic E-state index is 11.4. The van der Waals surface area contributed by atoms with Gasteiger partial charge in [0.25, 0.3) is 0 Å². The fraction of sp³-hybridized carbons (Fsp3) is 0.333.